The predicted octanol–water partition coefficient (Wildman–Crippen LogP) is 3.40. The van der Waals surface area contributed by atoms with Gasteiger partial charge in [-0.2, -0.15) is 0 Å². The Hall–Kier alpha value is -1.07. The molecule has 0 bridgehead atoms. The van der Waals surface area contributed by atoms with Crippen LogP contribution in [-0.4, -0.2) is 38.2 Å². The second-order valence-corrected chi connectivity index (χ2v) is 6.51. The number of thiophene rings is 1. The van der Waals surface area contributed by atoms with Gasteiger partial charge in [-0.05, 0) is 29.6 Å². The van der Waals surface area contributed by atoms with Crippen molar-refractivity contribution in [1.82, 2.24) is 10.2 Å². The van der Waals surface area contributed by atoms with Gasteiger partial charge in [0, 0.05) is 41.6 Å². The summed E-state index contributed by atoms with van der Waals surface area (Å²) in [5, 5.41) is 6.29. The third kappa shape index (κ3) is 3.24. The number of hydrogen-bond acceptors (Lipinski definition) is 4. The first-order chi connectivity index (χ1) is 10.3. The number of methoxy groups -OCH3 is 1. The molecule has 2 aromatic rings. The summed E-state index contributed by atoms with van der Waals surface area (Å²) in [5.41, 5.74) is 1.15. The maximum atomic E-state index is 6.24. The largest absolute Gasteiger partial charge is 0.496 e. The molecule has 1 fully saturated rings. The number of hydrogen-bond donors (Lipinski definition) is 1. The minimum atomic E-state index is 0.209. The van der Waals surface area contributed by atoms with Gasteiger partial charge in [0.15, 0.2) is 0 Å². The molecule has 2 heterocycles. The molecule has 21 heavy (non-hydrogen) atoms. The standard InChI is InChI=1S/C16H19ClN2OS/c1-20-14-5-4-12(17)11-13(14)16(15-3-2-10-21-15)19-8-6-18-7-9-19/h2-5,10-11,16,18H,6-9H2,1H3/t16-/m1/s1. The van der Waals surface area contributed by atoms with Gasteiger partial charge in [0.25, 0.3) is 0 Å². The molecule has 0 spiro atoms. The number of nitrogens with zero attached hydrogens (tertiary/aromatic N) is 1. The van der Waals surface area contributed by atoms with E-state index in [1.807, 2.05) is 18.2 Å². The molecule has 0 aliphatic carbocycles. The van der Waals surface area contributed by atoms with Crippen LogP contribution in [-0.2, 0) is 0 Å². The lowest BCUT2D eigenvalue weighted by molar-refractivity contribution is 0.197. The van der Waals surface area contributed by atoms with Crippen molar-refractivity contribution < 1.29 is 4.74 Å². The molecule has 1 saturated heterocycles. The van der Waals surface area contributed by atoms with Crippen LogP contribution in [0.15, 0.2) is 35.7 Å². The fourth-order valence-electron chi connectivity index (χ4n) is 2.84. The highest BCUT2D eigenvalue weighted by Gasteiger charge is 2.27. The summed E-state index contributed by atoms with van der Waals surface area (Å²) in [7, 11) is 1.72. The average Bonchev–Trinajstić information content (AvgIpc) is 3.03. The van der Waals surface area contributed by atoms with Gasteiger partial charge in [0.05, 0.1) is 13.2 Å². The molecule has 5 heteroatoms. The Kier molecular flexibility index (Phi) is 4.80. The second-order valence-electron chi connectivity index (χ2n) is 5.09. The quantitative estimate of drug-likeness (QED) is 0.933. The number of ether oxygens (including phenoxy) is 1. The van der Waals surface area contributed by atoms with E-state index >= 15 is 0 Å². The lowest BCUT2D eigenvalue weighted by Gasteiger charge is -2.35. The van der Waals surface area contributed by atoms with Gasteiger partial charge in [0.1, 0.15) is 5.75 Å². The Morgan fingerprint density at radius 3 is 2.76 bits per heavy atom. The lowest BCUT2D eigenvalue weighted by atomic mass is 10.0. The van der Waals surface area contributed by atoms with Crippen LogP contribution in [0.4, 0.5) is 0 Å². The SMILES string of the molecule is COc1ccc(Cl)cc1[C@H](c1cccs1)N1CCNCC1. The zero-order valence-electron chi connectivity index (χ0n) is 12.0. The zero-order valence-corrected chi connectivity index (χ0v) is 13.6. The van der Waals surface area contributed by atoms with Gasteiger partial charge in [-0.3, -0.25) is 4.90 Å². The summed E-state index contributed by atoms with van der Waals surface area (Å²) in [6.07, 6.45) is 0. The van der Waals surface area contributed by atoms with E-state index < -0.39 is 0 Å². The second kappa shape index (κ2) is 6.79. The van der Waals surface area contributed by atoms with E-state index in [0.717, 1.165) is 42.5 Å². The van der Waals surface area contributed by atoms with Crippen molar-refractivity contribution in [1.29, 1.82) is 0 Å². The van der Waals surface area contributed by atoms with E-state index in [0.29, 0.717) is 0 Å². The van der Waals surface area contributed by atoms with Crippen molar-refractivity contribution in [3.05, 3.63) is 51.2 Å². The van der Waals surface area contributed by atoms with Gasteiger partial charge in [-0.1, -0.05) is 17.7 Å². The van der Waals surface area contributed by atoms with Crippen molar-refractivity contribution in [2.45, 2.75) is 6.04 Å². The molecule has 1 aliphatic rings. The van der Waals surface area contributed by atoms with Crippen LogP contribution in [0.2, 0.25) is 5.02 Å². The summed E-state index contributed by atoms with van der Waals surface area (Å²) in [6.45, 7) is 4.09. The minimum absolute atomic E-state index is 0.209. The van der Waals surface area contributed by atoms with E-state index in [1.54, 1.807) is 18.4 Å². The Balaban J connectivity index is 2.04. The molecule has 3 nitrogen and oxygen atoms in total. The third-order valence-corrected chi connectivity index (χ3v) is 4.98. The highest BCUT2D eigenvalue weighted by molar-refractivity contribution is 7.10. The molecule has 0 radical (unpaired) electrons. The third-order valence-electron chi connectivity index (χ3n) is 3.82. The lowest BCUT2D eigenvalue weighted by Crippen LogP contribution is -2.45. The number of halogens is 1. The van der Waals surface area contributed by atoms with Crippen LogP contribution < -0.4 is 10.1 Å². The molecule has 3 rings (SSSR count). The summed E-state index contributed by atoms with van der Waals surface area (Å²) in [5.74, 6) is 0.899. The predicted molar refractivity (Wildman–Crippen MR) is 88.6 cm³/mol. The van der Waals surface area contributed by atoms with Crippen molar-refractivity contribution >= 4 is 22.9 Å². The first-order valence-corrected chi connectivity index (χ1v) is 8.37. The van der Waals surface area contributed by atoms with Gasteiger partial charge >= 0.3 is 0 Å². The zero-order chi connectivity index (χ0) is 14.7. The van der Waals surface area contributed by atoms with E-state index in [9.17, 15) is 0 Å². The van der Waals surface area contributed by atoms with Gasteiger partial charge in [0.2, 0.25) is 0 Å². The Labute approximate surface area is 134 Å². The maximum absolute atomic E-state index is 6.24. The Morgan fingerprint density at radius 2 is 2.10 bits per heavy atom. The van der Waals surface area contributed by atoms with Crippen LogP contribution >= 0.6 is 22.9 Å². The van der Waals surface area contributed by atoms with Crippen molar-refractivity contribution in [2.24, 2.45) is 0 Å². The van der Waals surface area contributed by atoms with Gasteiger partial charge in [-0.25, -0.2) is 0 Å². The molecular formula is C16H19ClN2OS. The van der Waals surface area contributed by atoms with Crippen LogP contribution in [0.3, 0.4) is 0 Å². The minimum Gasteiger partial charge on any atom is -0.496 e. The van der Waals surface area contributed by atoms with E-state index in [1.165, 1.54) is 4.88 Å². The van der Waals surface area contributed by atoms with Crippen molar-refractivity contribution in [2.75, 3.05) is 33.3 Å². The van der Waals surface area contributed by atoms with Crippen LogP contribution in [0, 0.1) is 0 Å². The fraction of sp³-hybridized carbons (Fsp3) is 0.375. The summed E-state index contributed by atoms with van der Waals surface area (Å²) in [6, 6.07) is 10.4. The van der Waals surface area contributed by atoms with Gasteiger partial charge in [-0.15, -0.1) is 11.3 Å². The molecule has 1 aromatic carbocycles. The van der Waals surface area contributed by atoms with Crippen molar-refractivity contribution in [3.63, 3.8) is 0 Å². The van der Waals surface area contributed by atoms with E-state index in [4.69, 9.17) is 16.3 Å². The van der Waals surface area contributed by atoms with Crippen LogP contribution in [0.5, 0.6) is 5.75 Å². The normalized spacial score (nSPS) is 17.6. The number of nitrogens with one attached hydrogen (secondary N) is 1. The smallest absolute Gasteiger partial charge is 0.124 e. The Bertz CT molecular complexity index is 582. The molecular weight excluding hydrogens is 304 g/mol. The molecule has 1 aliphatic heterocycles. The van der Waals surface area contributed by atoms with E-state index in [2.05, 4.69) is 27.7 Å². The first kappa shape index (κ1) is 14.9. The van der Waals surface area contributed by atoms with E-state index in [-0.39, 0.29) is 6.04 Å². The van der Waals surface area contributed by atoms with Gasteiger partial charge < -0.3 is 10.1 Å². The topological polar surface area (TPSA) is 24.5 Å². The van der Waals surface area contributed by atoms with Crippen molar-refractivity contribution in [3.8, 4) is 5.75 Å². The fourth-order valence-corrected chi connectivity index (χ4v) is 3.89. The number of rotatable bonds is 4. The average molecular weight is 323 g/mol. The number of benzene rings is 1. The highest BCUT2D eigenvalue weighted by atomic mass is 35.5. The molecule has 0 amide bonds. The number of piperazine rings is 1. The summed E-state index contributed by atoms with van der Waals surface area (Å²) >= 11 is 8.02. The Morgan fingerprint density at radius 1 is 1.29 bits per heavy atom. The first-order valence-electron chi connectivity index (χ1n) is 7.11. The van der Waals surface area contributed by atoms with Crippen LogP contribution in [0.1, 0.15) is 16.5 Å². The van der Waals surface area contributed by atoms with Crippen LogP contribution in [0.25, 0.3) is 0 Å². The molecule has 1 atom stereocenters. The summed E-state index contributed by atoms with van der Waals surface area (Å²) < 4.78 is 5.57. The maximum Gasteiger partial charge on any atom is 0.124 e. The molecule has 0 saturated carbocycles. The molecule has 1 aromatic heterocycles. The molecule has 112 valence electrons. The highest BCUT2D eigenvalue weighted by Crippen LogP contribution is 2.38. The monoisotopic (exact) mass is 322 g/mol. The molecule has 0 unspecified atom stereocenters. The summed E-state index contributed by atoms with van der Waals surface area (Å²) in [4.78, 5) is 3.83. The molecule has 1 N–H and O–H groups in total.